The molecule has 10 heteroatoms. The zero-order valence-electron chi connectivity index (χ0n) is 15.4. The van der Waals surface area contributed by atoms with E-state index in [4.69, 9.17) is 4.74 Å². The molecule has 0 N–H and O–H groups in total. The SMILES string of the molecule is COCCn1cncc1CN1CCN(c2nc(C)cc(C(F)(F)F)n2)CC1. The summed E-state index contributed by atoms with van der Waals surface area (Å²) in [6, 6.07) is 0.973. The number of ether oxygens (including phenoxy) is 1. The largest absolute Gasteiger partial charge is 0.433 e. The van der Waals surface area contributed by atoms with Crippen LogP contribution in [0.1, 0.15) is 17.1 Å². The van der Waals surface area contributed by atoms with Crippen LogP contribution in [0.25, 0.3) is 0 Å². The van der Waals surface area contributed by atoms with Crippen molar-refractivity contribution in [3.05, 3.63) is 35.7 Å². The molecule has 1 aliphatic heterocycles. The number of imidazole rings is 1. The van der Waals surface area contributed by atoms with Gasteiger partial charge in [0.05, 0.1) is 18.6 Å². The van der Waals surface area contributed by atoms with E-state index in [2.05, 4.69) is 24.4 Å². The molecule has 0 unspecified atom stereocenters. The Hall–Kier alpha value is -2.20. The lowest BCUT2D eigenvalue weighted by molar-refractivity contribution is -0.141. The van der Waals surface area contributed by atoms with Crippen LogP contribution in [0.3, 0.4) is 0 Å². The topological polar surface area (TPSA) is 59.3 Å². The summed E-state index contributed by atoms with van der Waals surface area (Å²) < 4.78 is 46.1. The van der Waals surface area contributed by atoms with Crippen molar-refractivity contribution >= 4 is 5.95 Å². The maximum Gasteiger partial charge on any atom is 0.433 e. The fraction of sp³-hybridized carbons (Fsp3) is 0.588. The van der Waals surface area contributed by atoms with Crippen LogP contribution in [0.15, 0.2) is 18.6 Å². The molecule has 0 saturated carbocycles. The fourth-order valence-electron chi connectivity index (χ4n) is 3.05. The van der Waals surface area contributed by atoms with E-state index < -0.39 is 11.9 Å². The first kappa shape index (κ1) is 19.6. The Morgan fingerprint density at radius 1 is 1.15 bits per heavy atom. The Kier molecular flexibility index (Phi) is 5.95. The minimum absolute atomic E-state index is 0.145. The molecule has 0 aliphatic carbocycles. The Morgan fingerprint density at radius 3 is 2.56 bits per heavy atom. The third kappa shape index (κ3) is 4.95. The van der Waals surface area contributed by atoms with Crippen LogP contribution in [-0.4, -0.2) is 64.3 Å². The molecular weight excluding hydrogens is 361 g/mol. The number of aromatic nitrogens is 4. The molecule has 3 rings (SSSR count). The number of aryl methyl sites for hydroxylation is 1. The summed E-state index contributed by atoms with van der Waals surface area (Å²) in [5, 5.41) is 0. The van der Waals surface area contributed by atoms with Crippen molar-refractivity contribution in [1.29, 1.82) is 0 Å². The van der Waals surface area contributed by atoms with Gasteiger partial charge in [0, 0.05) is 58.3 Å². The van der Waals surface area contributed by atoms with Gasteiger partial charge in [-0.25, -0.2) is 15.0 Å². The minimum atomic E-state index is -4.47. The lowest BCUT2D eigenvalue weighted by atomic mass is 10.3. The molecule has 7 nitrogen and oxygen atoms in total. The monoisotopic (exact) mass is 384 g/mol. The predicted octanol–water partition coefficient (Wildman–Crippen LogP) is 1.97. The van der Waals surface area contributed by atoms with Gasteiger partial charge in [0.1, 0.15) is 5.69 Å². The number of hydrogen-bond acceptors (Lipinski definition) is 6. The van der Waals surface area contributed by atoms with Crippen LogP contribution < -0.4 is 4.90 Å². The van der Waals surface area contributed by atoms with Gasteiger partial charge in [-0.05, 0) is 13.0 Å². The Labute approximate surface area is 155 Å². The van der Waals surface area contributed by atoms with Crippen LogP contribution in [0.5, 0.6) is 0 Å². The number of rotatable bonds is 6. The normalized spacial score (nSPS) is 16.1. The molecular formula is C17H23F3N6O. The van der Waals surface area contributed by atoms with Gasteiger partial charge < -0.3 is 14.2 Å². The number of nitrogens with zero attached hydrogens (tertiary/aromatic N) is 6. The molecule has 1 fully saturated rings. The summed E-state index contributed by atoms with van der Waals surface area (Å²) in [7, 11) is 1.66. The van der Waals surface area contributed by atoms with Gasteiger partial charge >= 0.3 is 6.18 Å². The first-order valence-corrected chi connectivity index (χ1v) is 8.75. The highest BCUT2D eigenvalue weighted by Crippen LogP contribution is 2.29. The highest BCUT2D eigenvalue weighted by atomic mass is 19.4. The third-order valence-corrected chi connectivity index (χ3v) is 4.51. The summed E-state index contributed by atoms with van der Waals surface area (Å²) in [5.74, 6) is 0.145. The summed E-state index contributed by atoms with van der Waals surface area (Å²) in [5.41, 5.74) is 0.512. The highest BCUT2D eigenvalue weighted by molar-refractivity contribution is 5.34. The molecule has 0 amide bonds. The Bertz CT molecular complexity index is 755. The second-order valence-electron chi connectivity index (χ2n) is 6.53. The molecule has 27 heavy (non-hydrogen) atoms. The van der Waals surface area contributed by atoms with Crippen molar-refractivity contribution in [2.75, 3.05) is 44.8 Å². The number of piperazine rings is 1. The van der Waals surface area contributed by atoms with Crippen molar-refractivity contribution in [2.24, 2.45) is 0 Å². The van der Waals surface area contributed by atoms with Crippen LogP contribution >= 0.6 is 0 Å². The van der Waals surface area contributed by atoms with Gasteiger partial charge in [-0.3, -0.25) is 4.90 Å². The van der Waals surface area contributed by atoms with E-state index in [1.54, 1.807) is 25.3 Å². The molecule has 148 valence electrons. The molecule has 0 aromatic carbocycles. The van der Waals surface area contributed by atoms with E-state index in [1.807, 2.05) is 6.20 Å². The van der Waals surface area contributed by atoms with Gasteiger partial charge in [-0.15, -0.1) is 0 Å². The van der Waals surface area contributed by atoms with E-state index in [9.17, 15) is 13.2 Å². The molecule has 0 atom stereocenters. The number of anilines is 1. The highest BCUT2D eigenvalue weighted by Gasteiger charge is 2.34. The van der Waals surface area contributed by atoms with Crippen LogP contribution in [0.4, 0.5) is 19.1 Å². The van der Waals surface area contributed by atoms with Crippen LogP contribution in [-0.2, 0) is 24.0 Å². The van der Waals surface area contributed by atoms with Gasteiger partial charge in [0.2, 0.25) is 5.95 Å². The number of alkyl halides is 3. The maximum atomic E-state index is 13.0. The van der Waals surface area contributed by atoms with Gasteiger partial charge in [0.15, 0.2) is 0 Å². The van der Waals surface area contributed by atoms with Crippen LogP contribution in [0, 0.1) is 6.92 Å². The van der Waals surface area contributed by atoms with Gasteiger partial charge in [-0.2, -0.15) is 13.2 Å². The molecule has 2 aromatic rings. The van der Waals surface area contributed by atoms with Crippen molar-refractivity contribution in [2.45, 2.75) is 26.2 Å². The first-order valence-electron chi connectivity index (χ1n) is 8.75. The summed E-state index contributed by atoms with van der Waals surface area (Å²) in [6.45, 7) is 6.23. The molecule has 2 aromatic heterocycles. The zero-order valence-corrected chi connectivity index (χ0v) is 15.4. The van der Waals surface area contributed by atoms with Crippen molar-refractivity contribution < 1.29 is 17.9 Å². The standard InChI is InChI=1S/C17H23F3N6O/c1-13-9-15(17(18,19)20)23-16(22-13)25-5-3-24(4-6-25)11-14-10-21-12-26(14)7-8-27-2/h9-10,12H,3-8,11H2,1-2H3. The van der Waals surface area contributed by atoms with E-state index in [0.717, 1.165) is 24.8 Å². The Balaban J connectivity index is 1.61. The van der Waals surface area contributed by atoms with Gasteiger partial charge in [-0.1, -0.05) is 0 Å². The predicted molar refractivity (Wildman–Crippen MR) is 93.4 cm³/mol. The molecule has 0 bridgehead atoms. The second kappa shape index (κ2) is 8.22. The smallest absolute Gasteiger partial charge is 0.383 e. The second-order valence-corrected chi connectivity index (χ2v) is 6.53. The summed E-state index contributed by atoms with van der Waals surface area (Å²) >= 11 is 0. The maximum absolute atomic E-state index is 13.0. The minimum Gasteiger partial charge on any atom is -0.383 e. The average molecular weight is 384 g/mol. The van der Waals surface area contributed by atoms with E-state index in [0.29, 0.717) is 38.5 Å². The third-order valence-electron chi connectivity index (χ3n) is 4.51. The number of halogens is 3. The molecule has 0 radical (unpaired) electrons. The number of methoxy groups -OCH3 is 1. The quantitative estimate of drug-likeness (QED) is 0.759. The van der Waals surface area contributed by atoms with Crippen molar-refractivity contribution in [3.8, 4) is 0 Å². The molecule has 0 spiro atoms. The zero-order chi connectivity index (χ0) is 19.4. The van der Waals surface area contributed by atoms with E-state index in [-0.39, 0.29) is 5.95 Å². The summed E-state index contributed by atoms with van der Waals surface area (Å²) in [6.07, 6.45) is -0.851. The van der Waals surface area contributed by atoms with Crippen molar-refractivity contribution in [3.63, 3.8) is 0 Å². The van der Waals surface area contributed by atoms with Crippen molar-refractivity contribution in [1.82, 2.24) is 24.4 Å². The molecule has 1 aliphatic rings. The number of hydrogen-bond donors (Lipinski definition) is 0. The Morgan fingerprint density at radius 2 is 1.89 bits per heavy atom. The molecule has 1 saturated heterocycles. The first-order chi connectivity index (χ1) is 12.9. The summed E-state index contributed by atoms with van der Waals surface area (Å²) in [4.78, 5) is 16.2. The van der Waals surface area contributed by atoms with E-state index >= 15 is 0 Å². The average Bonchev–Trinajstić information content (AvgIpc) is 3.06. The van der Waals surface area contributed by atoms with Crippen LogP contribution in [0.2, 0.25) is 0 Å². The van der Waals surface area contributed by atoms with E-state index in [1.165, 1.54) is 0 Å². The fourth-order valence-corrected chi connectivity index (χ4v) is 3.05. The van der Waals surface area contributed by atoms with Gasteiger partial charge in [0.25, 0.3) is 0 Å². The molecule has 3 heterocycles. The lowest BCUT2D eigenvalue weighted by Gasteiger charge is -2.35. The lowest BCUT2D eigenvalue weighted by Crippen LogP contribution is -2.47.